The molecular formula is C27H29ClN2O3S. The minimum atomic E-state index is -0.269. The van der Waals surface area contributed by atoms with Gasteiger partial charge in [-0.05, 0) is 72.6 Å². The van der Waals surface area contributed by atoms with Crippen molar-refractivity contribution in [2.24, 2.45) is 11.3 Å². The molecule has 5 nitrogen and oxygen atoms in total. The Morgan fingerprint density at radius 2 is 1.74 bits per heavy atom. The molecular weight excluding hydrogens is 468 g/mol. The molecule has 34 heavy (non-hydrogen) atoms. The quantitative estimate of drug-likeness (QED) is 0.397. The van der Waals surface area contributed by atoms with E-state index in [9.17, 15) is 9.59 Å². The normalized spacial score (nSPS) is 15.4. The van der Waals surface area contributed by atoms with Crippen molar-refractivity contribution in [3.05, 3.63) is 75.1 Å². The molecule has 4 rings (SSSR count). The van der Waals surface area contributed by atoms with Crippen LogP contribution in [0.25, 0.3) is 0 Å². The van der Waals surface area contributed by atoms with Crippen LogP contribution in [-0.2, 0) is 12.8 Å². The average Bonchev–Trinajstić information content (AvgIpc) is 3.16. The van der Waals surface area contributed by atoms with Crippen molar-refractivity contribution < 1.29 is 14.3 Å². The topological polar surface area (TPSA) is 67.4 Å². The van der Waals surface area contributed by atoms with Crippen LogP contribution in [0, 0.1) is 11.3 Å². The van der Waals surface area contributed by atoms with Crippen LogP contribution < -0.4 is 15.4 Å². The molecule has 0 saturated carbocycles. The number of fused-ring (bicyclic) bond motifs is 1. The van der Waals surface area contributed by atoms with Gasteiger partial charge in [-0.3, -0.25) is 9.59 Å². The summed E-state index contributed by atoms with van der Waals surface area (Å²) in [6, 6.07) is 14.0. The van der Waals surface area contributed by atoms with Crippen LogP contribution in [0.5, 0.6) is 5.75 Å². The first-order valence-corrected chi connectivity index (χ1v) is 12.5. The predicted octanol–water partition coefficient (Wildman–Crippen LogP) is 7.07. The molecule has 0 bridgehead atoms. The Bertz CT molecular complexity index is 1210. The van der Waals surface area contributed by atoms with Crippen molar-refractivity contribution in [3.8, 4) is 5.75 Å². The first-order chi connectivity index (χ1) is 16.2. The number of methoxy groups -OCH3 is 1. The van der Waals surface area contributed by atoms with Crippen LogP contribution in [0.3, 0.4) is 0 Å². The first-order valence-electron chi connectivity index (χ1n) is 11.3. The van der Waals surface area contributed by atoms with E-state index in [4.69, 9.17) is 16.3 Å². The summed E-state index contributed by atoms with van der Waals surface area (Å²) in [5.74, 6) is 0.583. The van der Waals surface area contributed by atoms with Gasteiger partial charge in [-0.1, -0.05) is 44.5 Å². The number of halogens is 1. The minimum Gasteiger partial charge on any atom is -0.495 e. The second-order valence-electron chi connectivity index (χ2n) is 9.63. The Morgan fingerprint density at radius 1 is 1.03 bits per heavy atom. The Morgan fingerprint density at radius 3 is 2.41 bits per heavy atom. The number of hydrogen-bond acceptors (Lipinski definition) is 4. The number of carbonyl (C=O) groups excluding carboxylic acids is 2. The van der Waals surface area contributed by atoms with Crippen LogP contribution in [-0.4, -0.2) is 18.9 Å². The predicted molar refractivity (Wildman–Crippen MR) is 140 cm³/mol. The summed E-state index contributed by atoms with van der Waals surface area (Å²) in [7, 11) is 1.57. The van der Waals surface area contributed by atoms with Gasteiger partial charge in [-0.25, -0.2) is 0 Å². The molecule has 0 radical (unpaired) electrons. The first kappa shape index (κ1) is 24.3. The molecule has 1 unspecified atom stereocenters. The molecule has 0 spiro atoms. The number of rotatable bonds is 5. The molecule has 7 heteroatoms. The fourth-order valence-corrected chi connectivity index (χ4v) is 5.81. The van der Waals surface area contributed by atoms with Gasteiger partial charge in [0.05, 0.1) is 18.4 Å². The van der Waals surface area contributed by atoms with Gasteiger partial charge in [0.1, 0.15) is 10.8 Å². The van der Waals surface area contributed by atoms with Crippen LogP contribution in [0.15, 0.2) is 48.5 Å². The van der Waals surface area contributed by atoms with Gasteiger partial charge in [0.2, 0.25) is 0 Å². The second kappa shape index (κ2) is 9.80. The molecule has 0 aliphatic heterocycles. The van der Waals surface area contributed by atoms with Crippen LogP contribution in [0.1, 0.15) is 58.3 Å². The summed E-state index contributed by atoms with van der Waals surface area (Å²) in [6.45, 7) is 6.78. The molecule has 1 aliphatic rings. The number of anilines is 2. The maximum Gasteiger partial charge on any atom is 0.259 e. The number of thiophene rings is 1. The third-order valence-corrected chi connectivity index (χ3v) is 7.83. The van der Waals surface area contributed by atoms with Gasteiger partial charge < -0.3 is 15.4 Å². The van der Waals surface area contributed by atoms with Gasteiger partial charge in [0, 0.05) is 15.5 Å². The Balaban J connectivity index is 1.69. The minimum absolute atomic E-state index is 0.175. The van der Waals surface area contributed by atoms with Gasteiger partial charge in [-0.2, -0.15) is 0 Å². The highest BCUT2D eigenvalue weighted by Gasteiger charge is 2.34. The fraction of sp³-hybridized carbons (Fsp3) is 0.333. The fourth-order valence-electron chi connectivity index (χ4n) is 4.36. The molecule has 1 atom stereocenters. The zero-order valence-electron chi connectivity index (χ0n) is 19.8. The maximum absolute atomic E-state index is 13.5. The number of para-hydroxylation sites is 2. The molecule has 1 heterocycles. The Kier molecular flexibility index (Phi) is 7.01. The summed E-state index contributed by atoms with van der Waals surface area (Å²) in [5.41, 5.74) is 2.83. The van der Waals surface area contributed by atoms with E-state index < -0.39 is 0 Å². The number of amides is 2. The van der Waals surface area contributed by atoms with Crippen LogP contribution >= 0.6 is 22.9 Å². The van der Waals surface area contributed by atoms with Crippen LogP contribution in [0.4, 0.5) is 10.7 Å². The summed E-state index contributed by atoms with van der Waals surface area (Å²) in [5, 5.41) is 7.13. The smallest absolute Gasteiger partial charge is 0.259 e. The Labute approximate surface area is 209 Å². The van der Waals surface area contributed by atoms with Crippen molar-refractivity contribution in [1.29, 1.82) is 0 Å². The summed E-state index contributed by atoms with van der Waals surface area (Å²) < 4.78 is 5.40. The highest BCUT2D eigenvalue weighted by molar-refractivity contribution is 7.17. The zero-order chi connectivity index (χ0) is 24.5. The molecule has 0 fully saturated rings. The lowest BCUT2D eigenvalue weighted by atomic mass is 9.72. The number of benzene rings is 2. The van der Waals surface area contributed by atoms with Crippen molar-refractivity contribution in [3.63, 3.8) is 0 Å². The lowest BCUT2D eigenvalue weighted by Crippen LogP contribution is -2.27. The summed E-state index contributed by atoms with van der Waals surface area (Å²) >= 11 is 7.48. The van der Waals surface area contributed by atoms with Crippen molar-refractivity contribution in [1.82, 2.24) is 0 Å². The van der Waals surface area contributed by atoms with E-state index in [1.807, 2.05) is 12.1 Å². The third kappa shape index (κ3) is 5.13. The number of nitrogens with one attached hydrogen (secondary N) is 2. The van der Waals surface area contributed by atoms with Crippen molar-refractivity contribution in [2.45, 2.75) is 40.0 Å². The lowest BCUT2D eigenvalue weighted by molar-refractivity contribution is 0.102. The van der Waals surface area contributed by atoms with E-state index in [0.29, 0.717) is 38.5 Å². The van der Waals surface area contributed by atoms with Gasteiger partial charge >= 0.3 is 0 Å². The third-order valence-electron chi connectivity index (χ3n) is 6.41. The molecule has 2 amide bonds. The largest absolute Gasteiger partial charge is 0.495 e. The molecule has 1 aromatic heterocycles. The van der Waals surface area contributed by atoms with E-state index in [2.05, 4.69) is 31.4 Å². The van der Waals surface area contributed by atoms with Crippen molar-refractivity contribution >= 4 is 45.4 Å². The van der Waals surface area contributed by atoms with Crippen LogP contribution in [0.2, 0.25) is 5.02 Å². The summed E-state index contributed by atoms with van der Waals surface area (Å²) in [6.07, 6.45) is 2.71. The number of hydrogen-bond donors (Lipinski definition) is 2. The van der Waals surface area contributed by atoms with E-state index in [1.165, 1.54) is 16.2 Å². The average molecular weight is 497 g/mol. The highest BCUT2D eigenvalue weighted by Crippen LogP contribution is 2.44. The van der Waals surface area contributed by atoms with Crippen molar-refractivity contribution in [2.75, 3.05) is 17.7 Å². The number of carbonyl (C=O) groups is 2. The molecule has 2 aromatic carbocycles. The van der Waals surface area contributed by atoms with E-state index in [-0.39, 0.29) is 17.2 Å². The highest BCUT2D eigenvalue weighted by atomic mass is 35.5. The monoisotopic (exact) mass is 496 g/mol. The molecule has 0 saturated heterocycles. The molecule has 2 N–H and O–H groups in total. The standard InChI is InChI=1S/C27H29ClN2O3S/c1-27(2,3)17-11-14-19-22(15-17)34-26(30-24(31)16-9-12-18(28)13-10-16)23(19)25(32)29-20-7-5-6-8-21(20)33-4/h5-10,12-13,17H,11,14-15H2,1-4H3,(H,29,32)(H,30,31). The van der Waals surface area contributed by atoms with E-state index >= 15 is 0 Å². The second-order valence-corrected chi connectivity index (χ2v) is 11.2. The molecule has 3 aromatic rings. The van der Waals surface area contributed by atoms with E-state index in [0.717, 1.165) is 24.8 Å². The van der Waals surface area contributed by atoms with Gasteiger partial charge in [0.15, 0.2) is 0 Å². The maximum atomic E-state index is 13.5. The SMILES string of the molecule is COc1ccccc1NC(=O)c1c(NC(=O)c2ccc(Cl)cc2)sc2c1CCC(C(C)(C)C)C2. The molecule has 178 valence electrons. The van der Waals surface area contributed by atoms with Gasteiger partial charge in [0.25, 0.3) is 11.8 Å². The molecule has 1 aliphatic carbocycles. The Hall–Kier alpha value is -2.83. The number of ether oxygens (including phenoxy) is 1. The zero-order valence-corrected chi connectivity index (χ0v) is 21.4. The van der Waals surface area contributed by atoms with Gasteiger partial charge in [-0.15, -0.1) is 11.3 Å². The summed E-state index contributed by atoms with van der Waals surface area (Å²) in [4.78, 5) is 27.7. The van der Waals surface area contributed by atoms with E-state index in [1.54, 1.807) is 43.5 Å². The lowest BCUT2D eigenvalue weighted by Gasteiger charge is -2.33.